The van der Waals surface area contributed by atoms with Crippen molar-refractivity contribution in [2.45, 2.75) is 31.1 Å². The molecule has 2 aromatic carbocycles. The molecule has 142 valence electrons. The smallest absolute Gasteiger partial charge is 0.267 e. The highest BCUT2D eigenvalue weighted by molar-refractivity contribution is 7.90. The summed E-state index contributed by atoms with van der Waals surface area (Å²) in [5.41, 5.74) is -0.391. The zero-order valence-corrected chi connectivity index (χ0v) is 16.3. The van der Waals surface area contributed by atoms with Gasteiger partial charge in [-0.25, -0.2) is 8.42 Å². The lowest BCUT2D eigenvalue weighted by Crippen LogP contribution is -2.60. The van der Waals surface area contributed by atoms with E-state index in [4.69, 9.17) is 16.3 Å². The van der Waals surface area contributed by atoms with Crippen LogP contribution in [0.1, 0.15) is 46.8 Å². The molecule has 2 aliphatic rings. The van der Waals surface area contributed by atoms with Gasteiger partial charge in [0.05, 0.1) is 0 Å². The van der Waals surface area contributed by atoms with Crippen molar-refractivity contribution >= 4 is 27.4 Å². The maximum atomic E-state index is 13.4. The van der Waals surface area contributed by atoms with Crippen molar-refractivity contribution in [2.75, 3.05) is 5.21 Å². The monoisotopic (exact) mass is 407 g/mol. The van der Waals surface area contributed by atoms with Crippen molar-refractivity contribution in [3.8, 4) is 5.75 Å². The van der Waals surface area contributed by atoms with Crippen LogP contribution in [0, 0.1) is 0 Å². The second-order valence-electron chi connectivity index (χ2n) is 7.11. The summed E-state index contributed by atoms with van der Waals surface area (Å²) in [7, 11) is -4.07. The normalized spacial score (nSPS) is 25.9. The largest absolute Gasteiger partial charge is 0.455 e. The first kappa shape index (κ1) is 18.4. The van der Waals surface area contributed by atoms with E-state index >= 15 is 0 Å². The van der Waals surface area contributed by atoms with E-state index in [0.717, 1.165) is 5.56 Å². The van der Waals surface area contributed by atoms with Gasteiger partial charge in [-0.3, -0.25) is 4.79 Å². The summed E-state index contributed by atoms with van der Waals surface area (Å²) in [4.78, 5) is 13.4. The summed E-state index contributed by atoms with van der Waals surface area (Å²) in [6.45, 7) is 4.00. The minimum atomic E-state index is -4.07. The third-order valence-electron chi connectivity index (χ3n) is 5.17. The Labute approximate surface area is 162 Å². The highest BCUT2D eigenvalue weighted by Gasteiger charge is 2.72. The van der Waals surface area contributed by atoms with E-state index in [1.807, 2.05) is 13.8 Å². The van der Waals surface area contributed by atoms with Gasteiger partial charge in [-0.1, -0.05) is 50.2 Å². The third kappa shape index (κ3) is 2.32. The van der Waals surface area contributed by atoms with Gasteiger partial charge in [0.2, 0.25) is 10.0 Å². The number of hydrogen-bond donors (Lipinski definition) is 2. The van der Waals surface area contributed by atoms with Gasteiger partial charge >= 0.3 is 0 Å². The number of carbonyl (C=O) groups is 1. The highest BCUT2D eigenvalue weighted by Crippen LogP contribution is 2.58. The third-order valence-corrected chi connectivity index (χ3v) is 6.94. The molecule has 1 heterocycles. The average molecular weight is 408 g/mol. The van der Waals surface area contributed by atoms with Crippen LogP contribution in [-0.2, 0) is 21.3 Å². The highest BCUT2D eigenvalue weighted by atomic mass is 35.5. The molecule has 0 amide bonds. The zero-order chi connectivity index (χ0) is 19.6. The number of carbonyl (C=O) groups excluding carboxylic acids is 1. The van der Waals surface area contributed by atoms with Crippen molar-refractivity contribution in [2.24, 2.45) is 0 Å². The van der Waals surface area contributed by atoms with Crippen LogP contribution in [0.5, 0.6) is 5.75 Å². The first-order chi connectivity index (χ1) is 12.7. The second-order valence-corrected chi connectivity index (χ2v) is 9.41. The molecule has 2 aromatic rings. The Morgan fingerprint density at radius 1 is 1.19 bits per heavy atom. The van der Waals surface area contributed by atoms with Crippen LogP contribution in [0.25, 0.3) is 0 Å². The topological polar surface area (TPSA) is 92.7 Å². The molecule has 0 radical (unpaired) electrons. The van der Waals surface area contributed by atoms with E-state index in [1.165, 1.54) is 6.07 Å². The molecular weight excluding hydrogens is 390 g/mol. The number of halogens is 1. The maximum absolute atomic E-state index is 13.4. The number of hydrogen-bond acceptors (Lipinski definition) is 5. The minimum Gasteiger partial charge on any atom is -0.455 e. The molecule has 6 nitrogen and oxygen atoms in total. The molecular formula is C19H18ClNO5S. The predicted molar refractivity (Wildman–Crippen MR) is 100 cm³/mol. The van der Waals surface area contributed by atoms with Gasteiger partial charge in [-0.05, 0) is 17.5 Å². The van der Waals surface area contributed by atoms with E-state index in [-0.39, 0.29) is 28.4 Å². The number of ether oxygens (including phenoxy) is 1. The Morgan fingerprint density at radius 3 is 2.56 bits per heavy atom. The first-order valence-electron chi connectivity index (χ1n) is 8.44. The second kappa shape index (κ2) is 5.78. The number of aliphatic hydroxyl groups is 1. The van der Waals surface area contributed by atoms with E-state index < -0.39 is 32.3 Å². The van der Waals surface area contributed by atoms with E-state index in [0.29, 0.717) is 0 Å². The summed E-state index contributed by atoms with van der Waals surface area (Å²) in [5.74, 6) is -2.32. The minimum absolute atomic E-state index is 0.187. The van der Waals surface area contributed by atoms with Gasteiger partial charge in [0, 0.05) is 16.7 Å². The van der Waals surface area contributed by atoms with Crippen LogP contribution >= 0.6 is 11.6 Å². The van der Waals surface area contributed by atoms with E-state index in [1.54, 1.807) is 36.4 Å². The molecule has 0 saturated heterocycles. The molecule has 0 bridgehead atoms. The van der Waals surface area contributed by atoms with Gasteiger partial charge in [-0.2, -0.15) is 4.72 Å². The number of Topliss-reactive ketones (excluding diaryl/α,β-unsaturated/α-hetero) is 1. The number of ketones is 1. The fourth-order valence-electron chi connectivity index (χ4n) is 3.85. The van der Waals surface area contributed by atoms with Gasteiger partial charge in [0.25, 0.3) is 5.79 Å². The van der Waals surface area contributed by atoms with Crippen molar-refractivity contribution in [3.63, 3.8) is 0 Å². The molecule has 8 heteroatoms. The molecule has 4 rings (SSSR count). The van der Waals surface area contributed by atoms with E-state index in [9.17, 15) is 18.3 Å². The summed E-state index contributed by atoms with van der Waals surface area (Å²) in [6.07, 6.45) is 0. The quantitative estimate of drug-likeness (QED) is 0.760. The van der Waals surface area contributed by atoms with Crippen molar-refractivity contribution in [1.82, 2.24) is 4.72 Å². The molecule has 2 unspecified atom stereocenters. The van der Waals surface area contributed by atoms with Crippen LogP contribution < -0.4 is 9.46 Å². The van der Waals surface area contributed by atoms with Gasteiger partial charge in [0.15, 0.2) is 11.3 Å². The number of sulfonamides is 1. The maximum Gasteiger partial charge on any atom is 0.267 e. The van der Waals surface area contributed by atoms with Gasteiger partial charge in [-0.15, -0.1) is 11.6 Å². The standard InChI is InChI=1S/C19H18ClNO5S/c1-11(2)12-7-8-15-16(9-12)26-19(23)14-6-4-3-5-13(14)17(22)18(15,19)21-27(24,25)10-20/h3-9,11,21,23H,10H2,1-2H3. The number of alkyl halides is 1. The number of nitrogens with one attached hydrogen (secondary N) is 1. The molecule has 0 spiro atoms. The molecule has 2 N–H and O–H groups in total. The van der Waals surface area contributed by atoms with Crippen molar-refractivity contribution < 1.29 is 23.1 Å². The molecule has 27 heavy (non-hydrogen) atoms. The molecule has 1 aliphatic heterocycles. The fourth-order valence-corrected chi connectivity index (χ4v) is 4.88. The predicted octanol–water partition coefficient (Wildman–Crippen LogP) is 2.55. The van der Waals surface area contributed by atoms with Crippen LogP contribution in [0.15, 0.2) is 42.5 Å². The fraction of sp³-hybridized carbons (Fsp3) is 0.316. The van der Waals surface area contributed by atoms with E-state index in [2.05, 4.69) is 4.72 Å². The zero-order valence-electron chi connectivity index (χ0n) is 14.7. The lowest BCUT2D eigenvalue weighted by molar-refractivity contribution is -0.166. The molecule has 0 aromatic heterocycles. The summed E-state index contributed by atoms with van der Waals surface area (Å²) >= 11 is 5.57. The van der Waals surface area contributed by atoms with Crippen LogP contribution in [0.2, 0.25) is 0 Å². The molecule has 2 atom stereocenters. The molecule has 0 fully saturated rings. The summed E-state index contributed by atoms with van der Waals surface area (Å²) < 4.78 is 32.9. The average Bonchev–Trinajstić information content (AvgIpc) is 2.98. The van der Waals surface area contributed by atoms with Gasteiger partial charge in [0.1, 0.15) is 11.0 Å². The summed E-state index contributed by atoms with van der Waals surface area (Å²) in [6, 6.07) is 11.5. The first-order valence-corrected chi connectivity index (χ1v) is 10.6. The van der Waals surface area contributed by atoms with Gasteiger partial charge < -0.3 is 9.84 Å². The molecule has 0 saturated carbocycles. The van der Waals surface area contributed by atoms with Crippen LogP contribution in [0.4, 0.5) is 0 Å². The Hall–Kier alpha value is -1.93. The van der Waals surface area contributed by atoms with Crippen molar-refractivity contribution in [3.05, 3.63) is 64.7 Å². The Bertz CT molecular complexity index is 1070. The molecule has 1 aliphatic carbocycles. The number of benzene rings is 2. The van der Waals surface area contributed by atoms with Crippen LogP contribution in [0.3, 0.4) is 0 Å². The summed E-state index contributed by atoms with van der Waals surface area (Å²) in [5, 5.41) is 10.7. The Kier molecular flexibility index (Phi) is 3.95. The Balaban J connectivity index is 2.02. The van der Waals surface area contributed by atoms with Crippen LogP contribution in [-0.4, -0.2) is 24.5 Å². The van der Waals surface area contributed by atoms with Crippen molar-refractivity contribution in [1.29, 1.82) is 0 Å². The number of fused-ring (bicyclic) bond motifs is 5. The lowest BCUT2D eigenvalue weighted by Gasteiger charge is -2.33. The Morgan fingerprint density at radius 2 is 1.89 bits per heavy atom. The number of rotatable bonds is 4. The SMILES string of the molecule is CC(C)c1ccc2c(c1)OC1(O)c3ccccc3C(=O)C21NS(=O)(=O)CCl. The lowest BCUT2D eigenvalue weighted by atomic mass is 9.83.